The molecule has 0 bridgehead atoms. The van der Waals surface area contributed by atoms with E-state index in [0.29, 0.717) is 11.8 Å². The van der Waals surface area contributed by atoms with Crippen LogP contribution in [0, 0.1) is 27.7 Å². The van der Waals surface area contributed by atoms with Crippen molar-refractivity contribution >= 4 is 12.2 Å². The van der Waals surface area contributed by atoms with Crippen molar-refractivity contribution in [1.82, 2.24) is 0 Å². The molecule has 0 amide bonds. The number of benzene rings is 2. The first kappa shape index (κ1) is 16.1. The zero-order chi connectivity index (χ0) is 18.0. The van der Waals surface area contributed by atoms with E-state index in [1.165, 1.54) is 59.1 Å². The van der Waals surface area contributed by atoms with Crippen LogP contribution in [-0.2, 0) is 0 Å². The normalized spacial score (nSPS) is 23.2. The van der Waals surface area contributed by atoms with Crippen LogP contribution in [0.15, 0.2) is 35.4 Å². The first-order chi connectivity index (χ1) is 12.5. The summed E-state index contributed by atoms with van der Waals surface area (Å²) in [6.45, 7) is 9.00. The molecule has 2 aromatic rings. The van der Waals surface area contributed by atoms with Gasteiger partial charge in [-0.15, -0.1) is 0 Å². The van der Waals surface area contributed by atoms with E-state index in [-0.39, 0.29) is 0 Å². The van der Waals surface area contributed by atoms with Gasteiger partial charge in [-0.2, -0.15) is 0 Å². The fourth-order valence-corrected chi connectivity index (χ4v) is 5.37. The lowest BCUT2D eigenvalue weighted by atomic mass is 9.78. The Labute approximate surface area is 157 Å². The first-order valence-corrected chi connectivity index (χ1v) is 10.1. The van der Waals surface area contributed by atoms with Crippen LogP contribution in [0.25, 0.3) is 12.2 Å². The highest BCUT2D eigenvalue weighted by Gasteiger charge is 2.32. The van der Waals surface area contributed by atoms with E-state index in [1.807, 2.05) is 0 Å². The highest BCUT2D eigenvalue weighted by Crippen LogP contribution is 2.50. The Bertz CT molecular complexity index is 902. The summed E-state index contributed by atoms with van der Waals surface area (Å²) < 4.78 is 0. The molecule has 3 aliphatic rings. The molecule has 1 saturated carbocycles. The average molecular weight is 341 g/mol. The Morgan fingerprint density at radius 1 is 0.577 bits per heavy atom. The van der Waals surface area contributed by atoms with Gasteiger partial charge in [-0.3, -0.25) is 0 Å². The van der Waals surface area contributed by atoms with Crippen molar-refractivity contribution in [2.75, 3.05) is 0 Å². The molecule has 2 unspecified atom stereocenters. The maximum Gasteiger partial charge on any atom is 0.00605 e. The molecule has 5 rings (SSSR count). The van der Waals surface area contributed by atoms with Gasteiger partial charge in [-0.1, -0.05) is 47.6 Å². The summed E-state index contributed by atoms with van der Waals surface area (Å²) in [4.78, 5) is 0. The van der Waals surface area contributed by atoms with Gasteiger partial charge in [0.25, 0.3) is 0 Å². The molecule has 0 N–H and O–H groups in total. The minimum atomic E-state index is 0.651. The van der Waals surface area contributed by atoms with E-state index in [9.17, 15) is 0 Å². The van der Waals surface area contributed by atoms with Gasteiger partial charge in [0, 0.05) is 11.8 Å². The van der Waals surface area contributed by atoms with Crippen molar-refractivity contribution in [2.24, 2.45) is 0 Å². The number of allylic oxidation sites excluding steroid dienone is 2. The van der Waals surface area contributed by atoms with E-state index in [0.717, 1.165) is 0 Å². The molecule has 0 saturated heterocycles. The van der Waals surface area contributed by atoms with Crippen molar-refractivity contribution in [2.45, 2.75) is 65.2 Å². The van der Waals surface area contributed by atoms with Gasteiger partial charge in [0.15, 0.2) is 0 Å². The predicted molar refractivity (Wildman–Crippen MR) is 112 cm³/mol. The Hall–Kier alpha value is -2.08. The molecule has 0 aromatic heterocycles. The molecule has 3 aliphatic carbocycles. The number of hydrogen-bond donors (Lipinski definition) is 0. The summed E-state index contributed by atoms with van der Waals surface area (Å²) in [6.07, 6.45) is 10.1. The molecule has 2 aromatic carbocycles. The van der Waals surface area contributed by atoms with Crippen LogP contribution in [0.3, 0.4) is 0 Å². The van der Waals surface area contributed by atoms with Gasteiger partial charge in [-0.25, -0.2) is 0 Å². The molecule has 1 fully saturated rings. The van der Waals surface area contributed by atoms with Gasteiger partial charge >= 0.3 is 0 Å². The molecule has 132 valence electrons. The third kappa shape index (κ3) is 2.35. The van der Waals surface area contributed by atoms with E-state index in [1.54, 1.807) is 22.3 Å². The lowest BCUT2D eigenvalue weighted by molar-refractivity contribution is 0.580. The minimum Gasteiger partial charge on any atom is -0.0620 e. The Balaban J connectivity index is 1.50. The van der Waals surface area contributed by atoms with Gasteiger partial charge in [-0.05, 0) is 97.9 Å². The zero-order valence-electron chi connectivity index (χ0n) is 16.4. The fourth-order valence-electron chi connectivity index (χ4n) is 5.37. The molecular weight excluding hydrogens is 312 g/mol. The summed E-state index contributed by atoms with van der Waals surface area (Å²) >= 11 is 0. The molecule has 0 nitrogen and oxygen atoms in total. The van der Waals surface area contributed by atoms with Crippen LogP contribution >= 0.6 is 0 Å². The van der Waals surface area contributed by atoms with Crippen LogP contribution in [0.2, 0.25) is 0 Å². The molecule has 2 atom stereocenters. The van der Waals surface area contributed by atoms with Crippen LogP contribution in [0.1, 0.15) is 82.0 Å². The summed E-state index contributed by atoms with van der Waals surface area (Å²) in [6, 6.07) is 9.74. The first-order valence-electron chi connectivity index (χ1n) is 10.1. The Kier molecular flexibility index (Phi) is 3.54. The number of hydrogen-bond acceptors (Lipinski definition) is 0. The van der Waals surface area contributed by atoms with Crippen LogP contribution < -0.4 is 0 Å². The summed E-state index contributed by atoms with van der Waals surface area (Å²) in [7, 11) is 0. The maximum atomic E-state index is 2.51. The minimum absolute atomic E-state index is 0.651. The molecule has 0 radical (unpaired) electrons. The lowest BCUT2D eigenvalue weighted by Crippen LogP contribution is -2.09. The van der Waals surface area contributed by atoms with Gasteiger partial charge in [0.2, 0.25) is 0 Å². The second-order valence-corrected chi connectivity index (χ2v) is 8.75. The SMILES string of the molecule is Cc1cc2c(cc1C)C1CCC3=Cc4cc(C)c(C)cc4C3CCC1=C2. The molecule has 0 heteroatoms. The maximum absolute atomic E-state index is 2.51. The zero-order valence-corrected chi connectivity index (χ0v) is 16.4. The summed E-state index contributed by atoms with van der Waals surface area (Å²) in [5.41, 5.74) is 15.2. The van der Waals surface area contributed by atoms with Crippen molar-refractivity contribution in [3.05, 3.63) is 79.9 Å². The highest BCUT2D eigenvalue weighted by molar-refractivity contribution is 5.71. The third-order valence-electron chi connectivity index (χ3n) is 7.17. The average Bonchev–Trinajstić information content (AvgIpc) is 3.07. The quantitative estimate of drug-likeness (QED) is 0.477. The summed E-state index contributed by atoms with van der Waals surface area (Å²) in [5.74, 6) is 1.30. The van der Waals surface area contributed by atoms with Gasteiger partial charge in [0.05, 0.1) is 0 Å². The smallest absolute Gasteiger partial charge is 0.00605 e. The third-order valence-corrected chi connectivity index (χ3v) is 7.17. The van der Waals surface area contributed by atoms with Crippen molar-refractivity contribution in [1.29, 1.82) is 0 Å². The topological polar surface area (TPSA) is 0 Å². The largest absolute Gasteiger partial charge is 0.0620 e. The molecule has 26 heavy (non-hydrogen) atoms. The monoisotopic (exact) mass is 340 g/mol. The number of aryl methyl sites for hydroxylation is 4. The summed E-state index contributed by atoms with van der Waals surface area (Å²) in [5, 5.41) is 0. The van der Waals surface area contributed by atoms with E-state index >= 15 is 0 Å². The van der Waals surface area contributed by atoms with E-state index < -0.39 is 0 Å². The predicted octanol–water partition coefficient (Wildman–Crippen LogP) is 7.16. The molecule has 0 heterocycles. The fraction of sp³-hybridized carbons (Fsp3) is 0.385. The second-order valence-electron chi connectivity index (χ2n) is 8.75. The van der Waals surface area contributed by atoms with Gasteiger partial charge < -0.3 is 0 Å². The number of fused-ring (bicyclic) bond motifs is 6. The van der Waals surface area contributed by atoms with E-state index in [4.69, 9.17) is 0 Å². The van der Waals surface area contributed by atoms with Crippen molar-refractivity contribution in [3.8, 4) is 0 Å². The van der Waals surface area contributed by atoms with Crippen LogP contribution in [0.4, 0.5) is 0 Å². The van der Waals surface area contributed by atoms with Gasteiger partial charge in [0.1, 0.15) is 0 Å². The lowest BCUT2D eigenvalue weighted by Gasteiger charge is -2.26. The number of rotatable bonds is 0. The van der Waals surface area contributed by atoms with Crippen LogP contribution in [0.5, 0.6) is 0 Å². The Morgan fingerprint density at radius 3 is 1.38 bits per heavy atom. The molecular formula is C26H28. The Morgan fingerprint density at radius 2 is 0.962 bits per heavy atom. The van der Waals surface area contributed by atoms with E-state index in [2.05, 4.69) is 64.1 Å². The standard InChI is InChI=1S/C26H28/c1-15-9-21-13-19-5-8-24-20(6-7-23(19)25(21)11-17(15)3)14-22-10-16(2)18(4)12-26(22)24/h9-14,23-24H,5-8H2,1-4H3. The van der Waals surface area contributed by atoms with Crippen LogP contribution in [-0.4, -0.2) is 0 Å². The second kappa shape index (κ2) is 5.71. The van der Waals surface area contributed by atoms with Crippen molar-refractivity contribution in [3.63, 3.8) is 0 Å². The molecule has 0 spiro atoms. The van der Waals surface area contributed by atoms with Crippen molar-refractivity contribution < 1.29 is 0 Å². The molecule has 0 aliphatic heterocycles. The highest BCUT2D eigenvalue weighted by atomic mass is 14.4.